The Bertz CT molecular complexity index is 245. The van der Waals surface area contributed by atoms with Gasteiger partial charge in [-0.25, -0.2) is 0 Å². The summed E-state index contributed by atoms with van der Waals surface area (Å²) in [6.07, 6.45) is 6.76. The summed E-state index contributed by atoms with van der Waals surface area (Å²) in [5, 5.41) is 12.2. The molecule has 0 aromatic heterocycles. The van der Waals surface area contributed by atoms with Crippen LogP contribution in [0, 0.1) is 11.3 Å². The molecular weight excluding hydrogens is 214 g/mol. The highest BCUT2D eigenvalue weighted by Crippen LogP contribution is 2.42. The Hall–Kier alpha value is -0.570. The fourth-order valence-corrected chi connectivity index (χ4v) is 3.17. The fourth-order valence-electron chi connectivity index (χ4n) is 3.17. The van der Waals surface area contributed by atoms with Crippen molar-refractivity contribution >= 4 is 5.97 Å². The van der Waals surface area contributed by atoms with E-state index in [1.54, 1.807) is 0 Å². The molecule has 3 nitrogen and oxygen atoms in total. The molecule has 1 aliphatic carbocycles. The Morgan fingerprint density at radius 3 is 2.35 bits per heavy atom. The van der Waals surface area contributed by atoms with Crippen LogP contribution in [0.5, 0.6) is 0 Å². The second-order valence-corrected chi connectivity index (χ2v) is 6.18. The van der Waals surface area contributed by atoms with E-state index in [1.807, 2.05) is 6.92 Å². The maximum atomic E-state index is 10.6. The molecule has 0 aliphatic heterocycles. The number of hydrogen-bond acceptors (Lipinski definition) is 2. The molecule has 1 saturated carbocycles. The van der Waals surface area contributed by atoms with Gasteiger partial charge in [-0.15, -0.1) is 0 Å². The lowest BCUT2D eigenvalue weighted by molar-refractivity contribution is -0.137. The summed E-state index contributed by atoms with van der Waals surface area (Å²) in [6.45, 7) is 7.51. The van der Waals surface area contributed by atoms with Crippen LogP contribution in [0.2, 0.25) is 0 Å². The molecule has 0 heterocycles. The standard InChI is InChI=1S/C14H27NO2/c1-11(2)9-14(6-4-5-7-14)10-15-12(3)8-13(16)17/h11-12,15H,4-10H2,1-3H3,(H,16,17). The van der Waals surface area contributed by atoms with Gasteiger partial charge in [0.2, 0.25) is 0 Å². The van der Waals surface area contributed by atoms with Gasteiger partial charge in [0.1, 0.15) is 0 Å². The fraction of sp³-hybridized carbons (Fsp3) is 0.929. The monoisotopic (exact) mass is 241 g/mol. The van der Waals surface area contributed by atoms with Crippen molar-refractivity contribution in [3.63, 3.8) is 0 Å². The minimum absolute atomic E-state index is 0.0807. The number of rotatable bonds is 7. The molecule has 100 valence electrons. The van der Waals surface area contributed by atoms with Gasteiger partial charge in [0, 0.05) is 12.6 Å². The quantitative estimate of drug-likeness (QED) is 0.720. The third kappa shape index (κ3) is 5.07. The van der Waals surface area contributed by atoms with E-state index in [0.29, 0.717) is 5.41 Å². The lowest BCUT2D eigenvalue weighted by Gasteiger charge is -2.32. The molecule has 17 heavy (non-hydrogen) atoms. The maximum Gasteiger partial charge on any atom is 0.304 e. The average molecular weight is 241 g/mol. The van der Waals surface area contributed by atoms with E-state index in [2.05, 4.69) is 19.2 Å². The first kappa shape index (κ1) is 14.5. The number of carbonyl (C=O) groups is 1. The third-order valence-corrected chi connectivity index (χ3v) is 3.81. The van der Waals surface area contributed by atoms with E-state index < -0.39 is 5.97 Å². The minimum Gasteiger partial charge on any atom is -0.481 e. The Kier molecular flexibility index (Phi) is 5.44. The zero-order valence-electron chi connectivity index (χ0n) is 11.5. The summed E-state index contributed by atoms with van der Waals surface area (Å²) < 4.78 is 0. The predicted molar refractivity (Wildman–Crippen MR) is 70.1 cm³/mol. The SMILES string of the molecule is CC(C)CC1(CNC(C)CC(=O)O)CCCC1. The smallest absolute Gasteiger partial charge is 0.304 e. The van der Waals surface area contributed by atoms with Crippen LogP contribution in [0.1, 0.15) is 59.3 Å². The minimum atomic E-state index is -0.714. The molecule has 3 heteroatoms. The summed E-state index contributed by atoms with van der Waals surface area (Å²) in [5.74, 6) is 0.0130. The van der Waals surface area contributed by atoms with Crippen LogP contribution >= 0.6 is 0 Å². The van der Waals surface area contributed by atoms with Crippen molar-refractivity contribution < 1.29 is 9.90 Å². The van der Waals surface area contributed by atoms with Crippen LogP contribution < -0.4 is 5.32 Å². The molecule has 1 rings (SSSR count). The maximum absolute atomic E-state index is 10.6. The van der Waals surface area contributed by atoms with Crippen LogP contribution in [0.15, 0.2) is 0 Å². The predicted octanol–water partition coefficient (Wildman–Crippen LogP) is 3.05. The van der Waals surface area contributed by atoms with Gasteiger partial charge in [-0.3, -0.25) is 4.79 Å². The Morgan fingerprint density at radius 1 is 1.29 bits per heavy atom. The lowest BCUT2D eigenvalue weighted by atomic mass is 9.78. The molecule has 0 spiro atoms. The number of aliphatic carboxylic acids is 1. The average Bonchev–Trinajstić information content (AvgIpc) is 2.62. The molecule has 2 N–H and O–H groups in total. The third-order valence-electron chi connectivity index (χ3n) is 3.81. The van der Waals surface area contributed by atoms with E-state index in [9.17, 15) is 4.79 Å². The van der Waals surface area contributed by atoms with E-state index in [4.69, 9.17) is 5.11 Å². The Balaban J connectivity index is 2.42. The van der Waals surface area contributed by atoms with Crippen molar-refractivity contribution in [2.75, 3.05) is 6.54 Å². The molecule has 1 fully saturated rings. The Labute approximate surface area is 105 Å². The van der Waals surface area contributed by atoms with Crippen molar-refractivity contribution in [2.45, 2.75) is 65.3 Å². The summed E-state index contributed by atoms with van der Waals surface area (Å²) in [7, 11) is 0. The summed E-state index contributed by atoms with van der Waals surface area (Å²) in [6, 6.07) is 0.0807. The van der Waals surface area contributed by atoms with Gasteiger partial charge < -0.3 is 10.4 Å². The molecular formula is C14H27NO2. The largest absolute Gasteiger partial charge is 0.481 e. The number of hydrogen-bond donors (Lipinski definition) is 2. The van der Waals surface area contributed by atoms with Gasteiger partial charge in [-0.1, -0.05) is 26.7 Å². The number of nitrogens with one attached hydrogen (secondary N) is 1. The molecule has 1 atom stereocenters. The van der Waals surface area contributed by atoms with Gasteiger partial charge in [-0.05, 0) is 37.5 Å². The lowest BCUT2D eigenvalue weighted by Crippen LogP contribution is -2.38. The van der Waals surface area contributed by atoms with Crippen LogP contribution in [-0.2, 0) is 4.79 Å². The first-order valence-electron chi connectivity index (χ1n) is 6.89. The van der Waals surface area contributed by atoms with E-state index in [0.717, 1.165) is 12.5 Å². The second-order valence-electron chi connectivity index (χ2n) is 6.18. The van der Waals surface area contributed by atoms with Crippen molar-refractivity contribution in [1.82, 2.24) is 5.32 Å². The van der Waals surface area contributed by atoms with Crippen LogP contribution in [0.4, 0.5) is 0 Å². The molecule has 1 unspecified atom stereocenters. The van der Waals surface area contributed by atoms with E-state index in [-0.39, 0.29) is 12.5 Å². The molecule has 0 amide bonds. The topological polar surface area (TPSA) is 49.3 Å². The first-order valence-corrected chi connectivity index (χ1v) is 6.89. The summed E-state index contributed by atoms with van der Waals surface area (Å²) in [4.78, 5) is 10.6. The molecule has 0 aromatic rings. The normalized spacial score (nSPS) is 20.7. The van der Waals surface area contributed by atoms with E-state index >= 15 is 0 Å². The molecule has 0 aromatic carbocycles. The van der Waals surface area contributed by atoms with Gasteiger partial charge in [0.15, 0.2) is 0 Å². The Morgan fingerprint density at radius 2 is 1.88 bits per heavy atom. The van der Waals surface area contributed by atoms with Gasteiger partial charge >= 0.3 is 5.97 Å². The molecule has 0 saturated heterocycles. The number of carboxylic acids is 1. The summed E-state index contributed by atoms with van der Waals surface area (Å²) >= 11 is 0. The van der Waals surface area contributed by atoms with Crippen LogP contribution in [0.3, 0.4) is 0 Å². The van der Waals surface area contributed by atoms with Crippen molar-refractivity contribution in [3.8, 4) is 0 Å². The molecule has 1 aliphatic rings. The van der Waals surface area contributed by atoms with Gasteiger partial charge in [0.25, 0.3) is 0 Å². The zero-order valence-corrected chi connectivity index (χ0v) is 11.5. The second kappa shape index (κ2) is 6.39. The van der Waals surface area contributed by atoms with Crippen molar-refractivity contribution in [3.05, 3.63) is 0 Å². The van der Waals surface area contributed by atoms with Gasteiger partial charge in [0.05, 0.1) is 6.42 Å². The summed E-state index contributed by atoms with van der Waals surface area (Å²) in [5.41, 5.74) is 0.431. The highest BCUT2D eigenvalue weighted by molar-refractivity contribution is 5.67. The zero-order chi connectivity index (χ0) is 12.9. The highest BCUT2D eigenvalue weighted by Gasteiger charge is 2.34. The van der Waals surface area contributed by atoms with E-state index in [1.165, 1.54) is 32.1 Å². The molecule has 0 bridgehead atoms. The van der Waals surface area contributed by atoms with Crippen LogP contribution in [0.25, 0.3) is 0 Å². The first-order chi connectivity index (χ1) is 7.93. The number of carboxylic acid groups (broad SMARTS) is 1. The highest BCUT2D eigenvalue weighted by atomic mass is 16.4. The van der Waals surface area contributed by atoms with Crippen LogP contribution in [-0.4, -0.2) is 23.7 Å². The van der Waals surface area contributed by atoms with Gasteiger partial charge in [-0.2, -0.15) is 0 Å². The molecule has 0 radical (unpaired) electrons. The van der Waals surface area contributed by atoms with Crippen molar-refractivity contribution in [1.29, 1.82) is 0 Å². The van der Waals surface area contributed by atoms with Crippen molar-refractivity contribution in [2.24, 2.45) is 11.3 Å².